The lowest BCUT2D eigenvalue weighted by atomic mass is 10.1. The number of carboxylic acid groups (broad SMARTS) is 1. The Morgan fingerprint density at radius 3 is 2.61 bits per heavy atom. The Morgan fingerprint density at radius 1 is 1.13 bits per heavy atom. The van der Waals surface area contributed by atoms with E-state index in [-0.39, 0.29) is 12.5 Å². The summed E-state index contributed by atoms with van der Waals surface area (Å²) in [4.78, 5) is 27.2. The molecular weight excluding hydrogens is 519 g/mol. The number of aromatic amines is 1. The predicted molar refractivity (Wildman–Crippen MR) is 132 cm³/mol. The summed E-state index contributed by atoms with van der Waals surface area (Å²) in [5, 5.41) is 22.1. The van der Waals surface area contributed by atoms with Crippen molar-refractivity contribution in [3.63, 3.8) is 0 Å². The van der Waals surface area contributed by atoms with E-state index < -0.39 is 12.1 Å². The molecule has 2 N–H and O–H groups in total. The number of carbonyl (C=O) groups is 1. The standard InChI is InChI=1S/C23H17N7S.C2HF3O2/c24-8-6-21(16-10-19(13-25-11-16)31-18-4-2-1-3-5-18)30-14-17(12-29-30)22-20-7-9-26-23(20)28-15-27-22;3-2(4,5)1(6)7/h1-5,7,9-15,21H,6H2,(H,26,27,28);(H,6,7). The van der Waals surface area contributed by atoms with E-state index in [9.17, 15) is 18.4 Å². The third-order valence-electron chi connectivity index (χ3n) is 5.17. The number of nitrogens with zero attached hydrogens (tertiary/aromatic N) is 6. The van der Waals surface area contributed by atoms with Crippen LogP contribution >= 0.6 is 11.8 Å². The Bertz CT molecular complexity index is 1580. The number of alkyl halides is 3. The average Bonchev–Trinajstić information content (AvgIpc) is 3.58. The molecule has 0 aliphatic carbocycles. The molecule has 0 radical (unpaired) electrons. The number of fused-ring (bicyclic) bond motifs is 1. The minimum atomic E-state index is -5.08. The Labute approximate surface area is 218 Å². The zero-order valence-electron chi connectivity index (χ0n) is 19.4. The van der Waals surface area contributed by atoms with Gasteiger partial charge in [-0.1, -0.05) is 30.0 Å². The van der Waals surface area contributed by atoms with Crippen molar-refractivity contribution in [2.75, 3.05) is 0 Å². The number of aliphatic carboxylic acids is 1. The molecule has 192 valence electrons. The first-order valence-electron chi connectivity index (χ1n) is 10.9. The number of carboxylic acids is 1. The Kier molecular flexibility index (Phi) is 8.03. The lowest BCUT2D eigenvalue weighted by Crippen LogP contribution is -2.21. The highest BCUT2D eigenvalue weighted by atomic mass is 32.2. The summed E-state index contributed by atoms with van der Waals surface area (Å²) in [6.07, 6.45) is 5.91. The fourth-order valence-corrected chi connectivity index (χ4v) is 4.36. The van der Waals surface area contributed by atoms with Crippen molar-refractivity contribution in [2.45, 2.75) is 28.4 Å². The molecular formula is C25H18F3N7O2S. The number of pyridine rings is 1. The molecule has 4 heterocycles. The number of aromatic nitrogens is 6. The molecule has 0 aliphatic heterocycles. The number of halogens is 3. The van der Waals surface area contributed by atoms with Gasteiger partial charge < -0.3 is 10.1 Å². The van der Waals surface area contributed by atoms with E-state index in [1.54, 1.807) is 24.2 Å². The molecule has 5 aromatic rings. The zero-order chi connectivity index (χ0) is 27.1. The highest BCUT2D eigenvalue weighted by Crippen LogP contribution is 2.31. The van der Waals surface area contributed by atoms with Crippen molar-refractivity contribution >= 4 is 28.8 Å². The maximum atomic E-state index is 10.6. The lowest BCUT2D eigenvalue weighted by molar-refractivity contribution is -0.192. The lowest BCUT2D eigenvalue weighted by Gasteiger charge is -2.15. The van der Waals surface area contributed by atoms with Crippen LogP contribution in [0.4, 0.5) is 13.2 Å². The Morgan fingerprint density at radius 2 is 1.89 bits per heavy atom. The summed E-state index contributed by atoms with van der Waals surface area (Å²) in [6.45, 7) is 0. The van der Waals surface area contributed by atoms with Crippen molar-refractivity contribution in [2.24, 2.45) is 0 Å². The van der Waals surface area contributed by atoms with Gasteiger partial charge in [-0.25, -0.2) is 14.8 Å². The maximum Gasteiger partial charge on any atom is 0.490 e. The minimum absolute atomic E-state index is 0.244. The quantitative estimate of drug-likeness (QED) is 0.290. The molecule has 38 heavy (non-hydrogen) atoms. The molecule has 0 fully saturated rings. The first kappa shape index (κ1) is 26.4. The summed E-state index contributed by atoms with van der Waals surface area (Å²) >= 11 is 1.64. The molecule has 4 aromatic heterocycles. The van der Waals surface area contributed by atoms with Gasteiger partial charge in [0.15, 0.2) is 0 Å². The Hall–Kier alpha value is -4.70. The van der Waals surface area contributed by atoms with Gasteiger partial charge in [-0.2, -0.15) is 23.5 Å². The Balaban J connectivity index is 0.000000426. The summed E-state index contributed by atoms with van der Waals surface area (Å²) in [5.74, 6) is -2.76. The zero-order valence-corrected chi connectivity index (χ0v) is 20.2. The van der Waals surface area contributed by atoms with Gasteiger partial charge in [0.2, 0.25) is 0 Å². The van der Waals surface area contributed by atoms with E-state index in [0.717, 1.165) is 37.6 Å². The van der Waals surface area contributed by atoms with Crippen LogP contribution in [0.15, 0.2) is 89.6 Å². The number of hydrogen-bond acceptors (Lipinski definition) is 7. The molecule has 0 aliphatic rings. The summed E-state index contributed by atoms with van der Waals surface area (Å²) in [6, 6.07) is 16.2. The van der Waals surface area contributed by atoms with Crippen LogP contribution < -0.4 is 0 Å². The van der Waals surface area contributed by atoms with Crippen LogP contribution in [0.1, 0.15) is 18.0 Å². The van der Waals surface area contributed by atoms with E-state index >= 15 is 0 Å². The van der Waals surface area contributed by atoms with Crippen molar-refractivity contribution in [3.05, 3.63) is 85.3 Å². The highest BCUT2D eigenvalue weighted by molar-refractivity contribution is 7.99. The van der Waals surface area contributed by atoms with Gasteiger partial charge in [0.1, 0.15) is 12.0 Å². The largest absolute Gasteiger partial charge is 0.490 e. The van der Waals surface area contributed by atoms with Crippen LogP contribution in [-0.2, 0) is 4.79 Å². The number of benzene rings is 1. The summed E-state index contributed by atoms with van der Waals surface area (Å²) < 4.78 is 33.5. The van der Waals surface area contributed by atoms with E-state index in [1.807, 2.05) is 47.5 Å². The van der Waals surface area contributed by atoms with Gasteiger partial charge in [0.25, 0.3) is 0 Å². The van der Waals surface area contributed by atoms with Crippen LogP contribution in [-0.4, -0.2) is 47.0 Å². The first-order chi connectivity index (χ1) is 18.3. The van der Waals surface area contributed by atoms with Crippen LogP contribution in [0, 0.1) is 11.3 Å². The van der Waals surface area contributed by atoms with Crippen LogP contribution in [0.25, 0.3) is 22.3 Å². The predicted octanol–water partition coefficient (Wildman–Crippen LogP) is 5.50. The molecule has 13 heteroatoms. The van der Waals surface area contributed by atoms with Crippen molar-refractivity contribution in [3.8, 4) is 17.3 Å². The smallest absolute Gasteiger partial charge is 0.475 e. The highest BCUT2D eigenvalue weighted by Gasteiger charge is 2.38. The topological polar surface area (TPSA) is 133 Å². The summed E-state index contributed by atoms with van der Waals surface area (Å²) in [7, 11) is 0. The molecule has 1 aromatic carbocycles. The molecule has 1 unspecified atom stereocenters. The van der Waals surface area contributed by atoms with Crippen molar-refractivity contribution < 1.29 is 23.1 Å². The molecule has 1 atom stereocenters. The molecule has 0 saturated carbocycles. The van der Waals surface area contributed by atoms with Gasteiger partial charge >= 0.3 is 12.1 Å². The fraction of sp³-hybridized carbons (Fsp3) is 0.120. The van der Waals surface area contributed by atoms with E-state index in [1.165, 1.54) is 6.33 Å². The number of nitrogens with one attached hydrogen (secondary N) is 1. The van der Waals surface area contributed by atoms with Gasteiger partial charge in [-0.05, 0) is 29.8 Å². The second kappa shape index (κ2) is 11.6. The molecule has 5 rings (SSSR count). The van der Waals surface area contributed by atoms with E-state index in [2.05, 4.69) is 49.3 Å². The van der Waals surface area contributed by atoms with Crippen molar-refractivity contribution in [1.82, 2.24) is 29.7 Å². The monoisotopic (exact) mass is 537 g/mol. The number of rotatable bonds is 6. The normalized spacial score (nSPS) is 11.8. The average molecular weight is 538 g/mol. The first-order valence-corrected chi connectivity index (χ1v) is 11.8. The van der Waals surface area contributed by atoms with Gasteiger partial charge in [0.05, 0.1) is 30.4 Å². The maximum absolute atomic E-state index is 10.6. The van der Waals surface area contributed by atoms with Crippen LogP contribution in [0.3, 0.4) is 0 Å². The molecule has 0 amide bonds. The molecule has 9 nitrogen and oxygen atoms in total. The number of nitriles is 1. The second-order valence-corrected chi connectivity index (χ2v) is 8.87. The third-order valence-corrected chi connectivity index (χ3v) is 6.14. The van der Waals surface area contributed by atoms with Gasteiger partial charge in [-0.3, -0.25) is 9.67 Å². The van der Waals surface area contributed by atoms with Crippen molar-refractivity contribution in [1.29, 1.82) is 5.26 Å². The van der Waals surface area contributed by atoms with E-state index in [0.29, 0.717) is 0 Å². The van der Waals surface area contributed by atoms with Crippen LogP contribution in [0.2, 0.25) is 0 Å². The SMILES string of the molecule is N#CCC(c1cncc(Sc2ccccc2)c1)n1cc(-c2ncnc3[nH]ccc23)cn1.O=C(O)C(F)(F)F. The third kappa shape index (κ3) is 6.34. The molecule has 0 bridgehead atoms. The van der Waals surface area contributed by atoms with E-state index in [4.69, 9.17) is 9.90 Å². The minimum Gasteiger partial charge on any atom is -0.475 e. The van der Waals surface area contributed by atoms with Gasteiger partial charge in [0, 0.05) is 45.5 Å². The second-order valence-electron chi connectivity index (χ2n) is 7.72. The molecule has 0 spiro atoms. The van der Waals surface area contributed by atoms with Gasteiger partial charge in [-0.15, -0.1) is 0 Å². The number of H-pyrrole nitrogens is 1. The van der Waals surface area contributed by atoms with Crippen LogP contribution in [0.5, 0.6) is 0 Å². The number of hydrogen-bond donors (Lipinski definition) is 2. The fourth-order valence-electron chi connectivity index (χ4n) is 3.48. The molecule has 0 saturated heterocycles. The summed E-state index contributed by atoms with van der Waals surface area (Å²) in [5.41, 5.74) is 3.39.